The van der Waals surface area contributed by atoms with Crippen LogP contribution in [0.2, 0.25) is 0 Å². The average molecular weight is 233 g/mol. The predicted octanol–water partition coefficient (Wildman–Crippen LogP) is 1.46. The second kappa shape index (κ2) is 2.93. The molecule has 0 aliphatic carbocycles. The van der Waals surface area contributed by atoms with E-state index in [0.29, 0.717) is 17.1 Å². The van der Waals surface area contributed by atoms with Gasteiger partial charge in [0.2, 0.25) is 5.71 Å². The van der Waals surface area contributed by atoms with Gasteiger partial charge in [0.15, 0.2) is 5.89 Å². The van der Waals surface area contributed by atoms with E-state index in [4.69, 9.17) is 15.1 Å². The fraction of sp³-hybridized carbons (Fsp3) is 0.143. The van der Waals surface area contributed by atoms with E-state index in [2.05, 4.69) is 9.97 Å². The Morgan fingerprint density at radius 2 is 2.21 bits per heavy atom. The van der Waals surface area contributed by atoms with E-state index < -0.39 is 9.05 Å². The lowest BCUT2D eigenvalue weighted by Gasteiger charge is -1.92. The summed E-state index contributed by atoms with van der Waals surface area (Å²) in [5.74, 6) is 0.427. The molecule has 0 aliphatic rings. The van der Waals surface area contributed by atoms with Gasteiger partial charge in [-0.3, -0.25) is 0 Å². The topological polar surface area (TPSA) is 73.1 Å². The van der Waals surface area contributed by atoms with Crippen LogP contribution in [0.4, 0.5) is 0 Å². The minimum Gasteiger partial charge on any atom is -0.423 e. The van der Waals surface area contributed by atoms with Crippen molar-refractivity contribution >= 4 is 31.0 Å². The van der Waals surface area contributed by atoms with Crippen LogP contribution in [0, 0.1) is 6.92 Å². The number of aryl methyl sites for hydroxylation is 1. The molecular weight excluding hydrogens is 228 g/mol. The summed E-state index contributed by atoms with van der Waals surface area (Å²) in [6.45, 7) is 1.65. The molecule has 74 valence electrons. The smallest absolute Gasteiger partial charge is 0.262 e. The van der Waals surface area contributed by atoms with Crippen molar-refractivity contribution in [2.45, 2.75) is 11.8 Å². The van der Waals surface area contributed by atoms with Crippen LogP contribution >= 0.6 is 10.7 Å². The molecule has 0 aliphatic heterocycles. The maximum atomic E-state index is 11.0. The van der Waals surface area contributed by atoms with E-state index in [1.165, 1.54) is 6.07 Å². The van der Waals surface area contributed by atoms with Gasteiger partial charge in [-0.15, -0.1) is 0 Å². The van der Waals surface area contributed by atoms with Crippen molar-refractivity contribution in [3.8, 4) is 0 Å². The Balaban J connectivity index is 2.74. The van der Waals surface area contributed by atoms with Crippen molar-refractivity contribution in [2.75, 3.05) is 0 Å². The summed E-state index contributed by atoms with van der Waals surface area (Å²) >= 11 is 0. The number of oxazole rings is 1. The average Bonchev–Trinajstić information content (AvgIpc) is 2.41. The summed E-state index contributed by atoms with van der Waals surface area (Å²) in [5.41, 5.74) is 0.677. The third-order valence-electron chi connectivity index (χ3n) is 1.61. The molecule has 0 aromatic carbocycles. The molecule has 0 saturated carbocycles. The Morgan fingerprint density at radius 3 is 2.86 bits per heavy atom. The van der Waals surface area contributed by atoms with Crippen molar-refractivity contribution in [3.63, 3.8) is 0 Å². The molecule has 0 saturated heterocycles. The van der Waals surface area contributed by atoms with Gasteiger partial charge in [0.25, 0.3) is 9.05 Å². The van der Waals surface area contributed by atoms with E-state index in [1.54, 1.807) is 6.92 Å². The van der Waals surface area contributed by atoms with Crippen LogP contribution in [-0.4, -0.2) is 18.4 Å². The van der Waals surface area contributed by atoms with Crippen molar-refractivity contribution in [1.82, 2.24) is 9.97 Å². The molecule has 2 aromatic heterocycles. The first kappa shape index (κ1) is 9.42. The number of hydrogen-bond acceptors (Lipinski definition) is 5. The zero-order chi connectivity index (χ0) is 10.3. The molecule has 0 unspecified atom stereocenters. The Hall–Kier alpha value is -1.14. The number of pyridine rings is 1. The highest BCUT2D eigenvalue weighted by Gasteiger charge is 2.13. The van der Waals surface area contributed by atoms with Gasteiger partial charge in [-0.2, -0.15) is 0 Å². The summed E-state index contributed by atoms with van der Waals surface area (Å²) in [5, 5.41) is 0. The summed E-state index contributed by atoms with van der Waals surface area (Å²) in [7, 11) is 1.38. The molecule has 2 heterocycles. The Morgan fingerprint density at radius 1 is 1.50 bits per heavy atom. The van der Waals surface area contributed by atoms with Gasteiger partial charge in [-0.25, -0.2) is 18.4 Å². The standard InChI is InChI=1S/C7H5ClN2O3S/c1-4-10-6-2-5(14(8,11)12)3-9-7(6)13-4/h2-3H,1H3. The fourth-order valence-corrected chi connectivity index (χ4v) is 1.73. The molecule has 5 nitrogen and oxygen atoms in total. The molecule has 14 heavy (non-hydrogen) atoms. The van der Waals surface area contributed by atoms with Crippen LogP contribution in [0.1, 0.15) is 5.89 Å². The third kappa shape index (κ3) is 1.58. The van der Waals surface area contributed by atoms with Crippen molar-refractivity contribution in [3.05, 3.63) is 18.2 Å². The lowest BCUT2D eigenvalue weighted by molar-refractivity contribution is 0.551. The van der Waals surface area contributed by atoms with Gasteiger partial charge >= 0.3 is 0 Å². The monoisotopic (exact) mass is 232 g/mol. The van der Waals surface area contributed by atoms with Crippen LogP contribution in [0.3, 0.4) is 0 Å². The quantitative estimate of drug-likeness (QED) is 0.696. The second-order valence-electron chi connectivity index (χ2n) is 2.67. The SMILES string of the molecule is Cc1nc2cc(S(=O)(=O)Cl)cnc2o1. The van der Waals surface area contributed by atoms with E-state index in [-0.39, 0.29) is 4.90 Å². The number of hydrogen-bond donors (Lipinski definition) is 0. The first-order valence-corrected chi connectivity index (χ1v) is 5.95. The molecule has 0 bridgehead atoms. The van der Waals surface area contributed by atoms with Gasteiger partial charge in [0.1, 0.15) is 10.4 Å². The lowest BCUT2D eigenvalue weighted by Crippen LogP contribution is -1.91. The summed E-state index contributed by atoms with van der Waals surface area (Å²) < 4.78 is 27.0. The van der Waals surface area contributed by atoms with E-state index >= 15 is 0 Å². The van der Waals surface area contributed by atoms with Gasteiger partial charge in [-0.1, -0.05) is 0 Å². The highest BCUT2D eigenvalue weighted by Crippen LogP contribution is 2.19. The van der Waals surface area contributed by atoms with Crippen LogP contribution in [0.15, 0.2) is 21.6 Å². The van der Waals surface area contributed by atoms with Crippen LogP contribution in [0.5, 0.6) is 0 Å². The Kier molecular flexibility index (Phi) is 1.97. The maximum Gasteiger partial charge on any atom is 0.262 e. The molecule has 0 radical (unpaired) electrons. The van der Waals surface area contributed by atoms with E-state index in [9.17, 15) is 8.42 Å². The first-order chi connectivity index (χ1) is 6.47. The molecule has 2 rings (SSSR count). The molecule has 0 spiro atoms. The highest BCUT2D eigenvalue weighted by atomic mass is 35.7. The minimum absolute atomic E-state index is 0.0834. The number of aromatic nitrogens is 2. The zero-order valence-corrected chi connectivity index (χ0v) is 8.63. The van der Waals surface area contributed by atoms with Gasteiger partial charge in [-0.05, 0) is 6.07 Å². The molecule has 0 atom stereocenters. The lowest BCUT2D eigenvalue weighted by atomic mass is 10.4. The molecular formula is C7H5ClN2O3S. The normalized spacial score (nSPS) is 12.1. The number of rotatable bonds is 1. The second-order valence-corrected chi connectivity index (χ2v) is 5.23. The van der Waals surface area contributed by atoms with Gasteiger partial charge in [0, 0.05) is 17.6 Å². The van der Waals surface area contributed by atoms with Crippen LogP contribution < -0.4 is 0 Å². The van der Waals surface area contributed by atoms with Crippen molar-refractivity contribution in [2.24, 2.45) is 0 Å². The Labute approximate surface area is 84.1 Å². The summed E-state index contributed by atoms with van der Waals surface area (Å²) in [4.78, 5) is 7.63. The zero-order valence-electron chi connectivity index (χ0n) is 7.06. The number of nitrogens with zero attached hydrogens (tertiary/aromatic N) is 2. The summed E-state index contributed by atoms with van der Waals surface area (Å²) in [6.07, 6.45) is 1.13. The molecule has 0 fully saturated rings. The van der Waals surface area contributed by atoms with Crippen molar-refractivity contribution < 1.29 is 12.8 Å². The third-order valence-corrected chi connectivity index (χ3v) is 2.93. The maximum absolute atomic E-state index is 11.0. The van der Waals surface area contributed by atoms with E-state index in [0.717, 1.165) is 6.20 Å². The van der Waals surface area contributed by atoms with E-state index in [1.807, 2.05) is 0 Å². The Bertz CT molecular complexity index is 590. The first-order valence-electron chi connectivity index (χ1n) is 3.65. The van der Waals surface area contributed by atoms with Crippen LogP contribution in [0.25, 0.3) is 11.2 Å². The van der Waals surface area contributed by atoms with Crippen LogP contribution in [-0.2, 0) is 9.05 Å². The number of fused-ring (bicyclic) bond motifs is 1. The van der Waals surface area contributed by atoms with Gasteiger partial charge < -0.3 is 4.42 Å². The fourth-order valence-electron chi connectivity index (χ4n) is 1.05. The predicted molar refractivity (Wildman–Crippen MR) is 49.6 cm³/mol. The summed E-state index contributed by atoms with van der Waals surface area (Å²) in [6, 6.07) is 1.32. The molecule has 0 amide bonds. The molecule has 7 heteroatoms. The molecule has 2 aromatic rings. The van der Waals surface area contributed by atoms with Gasteiger partial charge in [0.05, 0.1) is 6.20 Å². The largest absolute Gasteiger partial charge is 0.423 e. The van der Waals surface area contributed by atoms with Crippen molar-refractivity contribution in [1.29, 1.82) is 0 Å². The minimum atomic E-state index is -3.76. The highest BCUT2D eigenvalue weighted by molar-refractivity contribution is 8.13. The molecule has 0 N–H and O–H groups in total. The number of halogens is 1.